The normalized spacial score (nSPS) is 10.2. The first-order chi connectivity index (χ1) is 9.20. The molecule has 1 aromatic heterocycles. The molecule has 0 saturated heterocycles. The van der Waals surface area contributed by atoms with Crippen LogP contribution in [0.5, 0.6) is 0 Å². The van der Waals surface area contributed by atoms with Gasteiger partial charge in [0.1, 0.15) is 5.82 Å². The number of H-pyrrole nitrogens is 1. The summed E-state index contributed by atoms with van der Waals surface area (Å²) in [4.78, 5) is 26.1. The van der Waals surface area contributed by atoms with E-state index >= 15 is 0 Å². The lowest BCUT2D eigenvalue weighted by molar-refractivity contribution is 0.715. The molecular formula is C13H15ClN4O2. The third-order valence-electron chi connectivity index (χ3n) is 2.50. The molecule has 0 bridgehead atoms. The van der Waals surface area contributed by atoms with Crippen LogP contribution in [0.3, 0.4) is 0 Å². The Hall–Kier alpha value is -2.47. The number of anilines is 2. The predicted octanol–water partition coefficient (Wildman–Crippen LogP) is 1.17. The number of allylic oxidation sites excluding steroid dienone is 1. The van der Waals surface area contributed by atoms with Crippen LogP contribution < -0.4 is 22.3 Å². The van der Waals surface area contributed by atoms with Crippen molar-refractivity contribution in [3.63, 3.8) is 0 Å². The van der Waals surface area contributed by atoms with Gasteiger partial charge in [0.15, 0.2) is 0 Å². The van der Waals surface area contributed by atoms with E-state index in [1.54, 1.807) is 0 Å². The molecule has 0 unspecified atom stereocenters. The highest BCUT2D eigenvalue weighted by Gasteiger charge is 2.03. The number of nitrogens with one attached hydrogen (secondary N) is 2. The van der Waals surface area contributed by atoms with Gasteiger partial charge in [0, 0.05) is 11.8 Å². The van der Waals surface area contributed by atoms with Crippen molar-refractivity contribution in [3.8, 4) is 0 Å². The molecule has 2 aromatic rings. The van der Waals surface area contributed by atoms with E-state index < -0.39 is 5.69 Å². The second-order valence-electron chi connectivity index (χ2n) is 3.86. The SMILES string of the molecule is Cl.NC=CCn1c(=O)cc(Nc2ccccc2)[nH]c1=O. The Kier molecular flexibility index (Phi) is 5.61. The van der Waals surface area contributed by atoms with Crippen molar-refractivity contribution < 1.29 is 0 Å². The molecule has 0 atom stereocenters. The summed E-state index contributed by atoms with van der Waals surface area (Å²) in [6, 6.07) is 10.6. The third-order valence-corrected chi connectivity index (χ3v) is 2.50. The average Bonchev–Trinajstić information content (AvgIpc) is 2.39. The van der Waals surface area contributed by atoms with Crippen molar-refractivity contribution in [2.75, 3.05) is 5.32 Å². The molecule has 0 aliphatic heterocycles. The molecule has 2 rings (SSSR count). The number of nitrogens with zero attached hydrogens (tertiary/aromatic N) is 1. The summed E-state index contributed by atoms with van der Waals surface area (Å²) >= 11 is 0. The number of nitrogens with two attached hydrogens (primary N) is 1. The van der Waals surface area contributed by atoms with Gasteiger partial charge in [0.05, 0.1) is 6.54 Å². The Morgan fingerprint density at radius 1 is 1.25 bits per heavy atom. The summed E-state index contributed by atoms with van der Waals surface area (Å²) in [6.07, 6.45) is 2.82. The van der Waals surface area contributed by atoms with Crippen LogP contribution in [0.2, 0.25) is 0 Å². The summed E-state index contributed by atoms with van der Waals surface area (Å²) in [6.45, 7) is 0.149. The second kappa shape index (κ2) is 7.20. The van der Waals surface area contributed by atoms with Crippen molar-refractivity contribution >= 4 is 23.9 Å². The van der Waals surface area contributed by atoms with Crippen LogP contribution >= 0.6 is 12.4 Å². The fourth-order valence-corrected chi connectivity index (χ4v) is 1.60. The minimum Gasteiger partial charge on any atom is -0.405 e. The summed E-state index contributed by atoms with van der Waals surface area (Å²) in [7, 11) is 0. The van der Waals surface area contributed by atoms with Crippen molar-refractivity contribution in [2.24, 2.45) is 5.73 Å². The molecule has 0 aliphatic carbocycles. The van der Waals surface area contributed by atoms with Crippen molar-refractivity contribution in [3.05, 3.63) is 69.5 Å². The van der Waals surface area contributed by atoms with E-state index in [0.717, 1.165) is 10.3 Å². The van der Waals surface area contributed by atoms with E-state index in [4.69, 9.17) is 5.73 Å². The van der Waals surface area contributed by atoms with Gasteiger partial charge in [0.25, 0.3) is 5.56 Å². The third kappa shape index (κ3) is 3.76. The van der Waals surface area contributed by atoms with Crippen molar-refractivity contribution in [2.45, 2.75) is 6.54 Å². The molecule has 0 amide bonds. The molecule has 4 N–H and O–H groups in total. The highest BCUT2D eigenvalue weighted by Crippen LogP contribution is 2.10. The summed E-state index contributed by atoms with van der Waals surface area (Å²) < 4.78 is 1.06. The van der Waals surface area contributed by atoms with Crippen LogP contribution in [0.1, 0.15) is 0 Å². The number of benzene rings is 1. The largest absolute Gasteiger partial charge is 0.405 e. The van der Waals surface area contributed by atoms with Crippen LogP contribution in [-0.4, -0.2) is 9.55 Å². The van der Waals surface area contributed by atoms with E-state index in [1.165, 1.54) is 18.3 Å². The first-order valence-electron chi connectivity index (χ1n) is 5.73. The van der Waals surface area contributed by atoms with Crippen molar-refractivity contribution in [1.29, 1.82) is 0 Å². The number of halogens is 1. The fraction of sp³-hybridized carbons (Fsp3) is 0.0769. The van der Waals surface area contributed by atoms with E-state index in [0.29, 0.717) is 5.82 Å². The van der Waals surface area contributed by atoms with Crippen LogP contribution in [0, 0.1) is 0 Å². The summed E-state index contributed by atoms with van der Waals surface area (Å²) in [5.41, 5.74) is 5.11. The number of hydrogen-bond donors (Lipinski definition) is 3. The highest BCUT2D eigenvalue weighted by molar-refractivity contribution is 5.85. The lowest BCUT2D eigenvalue weighted by atomic mass is 10.3. The van der Waals surface area contributed by atoms with Gasteiger partial charge in [-0.1, -0.05) is 18.2 Å². The van der Waals surface area contributed by atoms with Crippen LogP contribution in [-0.2, 0) is 6.54 Å². The molecule has 20 heavy (non-hydrogen) atoms. The Morgan fingerprint density at radius 3 is 2.55 bits per heavy atom. The highest BCUT2D eigenvalue weighted by atomic mass is 35.5. The molecule has 106 valence electrons. The van der Waals surface area contributed by atoms with Gasteiger partial charge in [0.2, 0.25) is 0 Å². The minimum atomic E-state index is -0.482. The maximum Gasteiger partial charge on any atom is 0.330 e. The topological polar surface area (TPSA) is 92.9 Å². The van der Waals surface area contributed by atoms with E-state index in [9.17, 15) is 9.59 Å². The van der Waals surface area contributed by atoms with Gasteiger partial charge >= 0.3 is 5.69 Å². The van der Waals surface area contributed by atoms with E-state index in [2.05, 4.69) is 10.3 Å². The number of aromatic amines is 1. The number of para-hydroxylation sites is 1. The van der Waals surface area contributed by atoms with Crippen molar-refractivity contribution in [1.82, 2.24) is 9.55 Å². The van der Waals surface area contributed by atoms with Crippen LogP contribution in [0.15, 0.2) is 58.3 Å². The lowest BCUT2D eigenvalue weighted by Gasteiger charge is -2.07. The molecule has 6 nitrogen and oxygen atoms in total. The molecule has 0 spiro atoms. The summed E-state index contributed by atoms with van der Waals surface area (Å²) in [5, 5.41) is 2.96. The first-order valence-corrected chi connectivity index (χ1v) is 5.73. The van der Waals surface area contributed by atoms with E-state index in [-0.39, 0.29) is 24.5 Å². The molecular weight excluding hydrogens is 280 g/mol. The fourth-order valence-electron chi connectivity index (χ4n) is 1.60. The quantitative estimate of drug-likeness (QED) is 0.789. The Morgan fingerprint density at radius 2 is 1.95 bits per heavy atom. The maximum atomic E-state index is 11.8. The molecule has 7 heteroatoms. The van der Waals surface area contributed by atoms with Gasteiger partial charge < -0.3 is 11.1 Å². The molecule has 0 saturated carbocycles. The lowest BCUT2D eigenvalue weighted by Crippen LogP contribution is -2.34. The molecule has 1 heterocycles. The summed E-state index contributed by atoms with van der Waals surface area (Å²) in [5.74, 6) is 0.356. The standard InChI is InChI=1S/C13H14N4O2.ClH/c14-7-4-8-17-12(18)9-11(16-13(17)19)15-10-5-2-1-3-6-10;/h1-7,9,15H,8,14H2,(H,16,19);1H. The number of rotatable bonds is 4. The average molecular weight is 295 g/mol. The monoisotopic (exact) mass is 294 g/mol. The van der Waals surface area contributed by atoms with Crippen LogP contribution in [0.4, 0.5) is 11.5 Å². The van der Waals surface area contributed by atoms with Gasteiger partial charge in [-0.15, -0.1) is 12.4 Å². The van der Waals surface area contributed by atoms with Crippen LogP contribution in [0.25, 0.3) is 0 Å². The van der Waals surface area contributed by atoms with E-state index in [1.807, 2.05) is 30.3 Å². The van der Waals surface area contributed by atoms with Gasteiger partial charge in [-0.05, 0) is 24.4 Å². The zero-order valence-corrected chi connectivity index (χ0v) is 11.4. The second-order valence-corrected chi connectivity index (χ2v) is 3.86. The van der Waals surface area contributed by atoms with Gasteiger partial charge in [-0.2, -0.15) is 0 Å². The van der Waals surface area contributed by atoms with Gasteiger partial charge in [-0.3, -0.25) is 14.3 Å². The smallest absolute Gasteiger partial charge is 0.330 e. The molecule has 0 fully saturated rings. The Balaban J connectivity index is 0.00000200. The predicted molar refractivity (Wildman–Crippen MR) is 81.6 cm³/mol. The number of hydrogen-bond acceptors (Lipinski definition) is 4. The number of aromatic nitrogens is 2. The van der Waals surface area contributed by atoms with Gasteiger partial charge in [-0.25, -0.2) is 4.79 Å². The molecule has 0 radical (unpaired) electrons. The minimum absolute atomic E-state index is 0. The zero-order valence-electron chi connectivity index (χ0n) is 10.6. The Bertz CT molecular complexity index is 660. The zero-order chi connectivity index (χ0) is 13.7. The molecule has 1 aromatic carbocycles. The first kappa shape index (κ1) is 15.6. The maximum absolute atomic E-state index is 11.8. The molecule has 0 aliphatic rings. The Labute approximate surface area is 121 Å².